The highest BCUT2D eigenvalue weighted by atomic mass is 35.7. The Labute approximate surface area is 277 Å². The quantitative estimate of drug-likeness (QED) is 0.210. The molecular formula is C27H39Cl2N3O8S2. The van der Waals surface area contributed by atoms with Crippen LogP contribution in [-0.2, 0) is 23.4 Å². The third kappa shape index (κ3) is 13.9. The highest BCUT2D eigenvalue weighted by Gasteiger charge is 2.31. The summed E-state index contributed by atoms with van der Waals surface area (Å²) >= 11 is 0. The van der Waals surface area contributed by atoms with Crippen molar-refractivity contribution < 1.29 is 52.2 Å². The van der Waals surface area contributed by atoms with E-state index in [1.165, 1.54) is 43.5 Å². The van der Waals surface area contributed by atoms with Gasteiger partial charge in [-0.25, -0.2) is 8.42 Å². The van der Waals surface area contributed by atoms with Gasteiger partial charge in [-0.3, -0.25) is 18.7 Å². The number of imide groups is 1. The first kappa shape index (κ1) is 23.6. The largest absolute Gasteiger partial charge is 0.400 e. The molecule has 0 saturated carbocycles. The molecular weight excluding hydrogens is 629 g/mol. The lowest BCUT2D eigenvalue weighted by Gasteiger charge is -2.02. The fourth-order valence-corrected chi connectivity index (χ4v) is 3.98. The average Bonchev–Trinajstić information content (AvgIpc) is 3.21. The molecule has 2 amide bonds. The molecule has 1 aliphatic heterocycles. The molecule has 0 aromatic heterocycles. The molecule has 15 heteroatoms. The van der Waals surface area contributed by atoms with E-state index < -0.39 is 58.9 Å². The normalized spacial score (nSPS) is 16.8. The number of hydrogen-bond donors (Lipinski definition) is 3. The molecule has 0 spiro atoms. The Balaban J connectivity index is -0.000000636. The highest BCUT2D eigenvalue weighted by molar-refractivity contribution is 8.13. The molecule has 0 aliphatic carbocycles. The van der Waals surface area contributed by atoms with E-state index in [9.17, 15) is 26.4 Å². The summed E-state index contributed by atoms with van der Waals surface area (Å²) in [7, 11) is -4.32. The first-order valence-electron chi connectivity index (χ1n) is 17.0. The minimum absolute atomic E-state index is 0. The zero-order valence-corrected chi connectivity index (χ0v) is 25.6. The lowest BCUT2D eigenvalue weighted by atomic mass is 10.1. The fraction of sp³-hybridized carbons (Fsp3) is 0.259. The number of nitrogens with zero attached hydrogens (tertiary/aromatic N) is 1. The molecule has 0 bridgehead atoms. The topological polar surface area (TPSA) is 187 Å². The summed E-state index contributed by atoms with van der Waals surface area (Å²) < 4.78 is 132. The number of aliphatic hydroxyl groups is 1. The zero-order chi connectivity index (χ0) is 43.1. The summed E-state index contributed by atoms with van der Waals surface area (Å²) in [6.45, 7) is -3.54. The minimum atomic E-state index is -4.20. The van der Waals surface area contributed by atoms with Crippen molar-refractivity contribution in [2.45, 2.75) is 23.6 Å². The minimum Gasteiger partial charge on any atom is -0.400 e. The van der Waals surface area contributed by atoms with Gasteiger partial charge >= 0.3 is 0 Å². The molecule has 1 heterocycles. The SMILES string of the molecule is Cc1ccc(S(=O)(=O)Cl)cc1.Cl.[2H]C([2H])([2H])N.[2H]C([2H])([2H])N.[2H]C([2H])([2H])N1C(=O)c2ccccc2C1=O.[2H]C([2H])([2H])OS(=O)(=O)c1ccc(C)cc1.[2H]OC. The molecule has 0 unspecified atom stereocenters. The maximum absolute atomic E-state index is 11.6. The smallest absolute Gasteiger partial charge is 0.296 e. The number of aryl methyl sites for hydroxylation is 2. The molecule has 0 radical (unpaired) electrons. The molecule has 0 saturated heterocycles. The number of nitrogens with two attached hydrogens (primary N) is 2. The van der Waals surface area contributed by atoms with E-state index in [1.807, 2.05) is 6.92 Å². The van der Waals surface area contributed by atoms with Gasteiger partial charge in [0.1, 0.15) is 0 Å². The van der Waals surface area contributed by atoms with Gasteiger partial charge in [-0.15, -0.1) is 12.4 Å². The second-order valence-electron chi connectivity index (χ2n) is 7.09. The number of rotatable bonds is 3. The maximum Gasteiger partial charge on any atom is 0.296 e. The second kappa shape index (κ2) is 21.8. The van der Waals surface area contributed by atoms with Crippen molar-refractivity contribution in [1.29, 1.82) is 1.43 Å². The number of benzene rings is 3. The van der Waals surface area contributed by atoms with Gasteiger partial charge in [0.25, 0.3) is 31.0 Å². The van der Waals surface area contributed by atoms with Crippen molar-refractivity contribution in [3.63, 3.8) is 0 Å². The Kier molecular flexibility index (Phi) is 12.2. The van der Waals surface area contributed by atoms with Gasteiger partial charge in [0.15, 0.2) is 0 Å². The van der Waals surface area contributed by atoms with E-state index in [0.29, 0.717) is 4.90 Å². The third-order valence-electron chi connectivity index (χ3n) is 4.52. The summed E-state index contributed by atoms with van der Waals surface area (Å²) in [4.78, 5) is 23.5. The van der Waals surface area contributed by atoms with Gasteiger partial charge in [0.05, 0.1) is 32.1 Å². The van der Waals surface area contributed by atoms with Crippen LogP contribution in [0.2, 0.25) is 0 Å². The van der Waals surface area contributed by atoms with Crippen LogP contribution >= 0.6 is 23.1 Å². The molecule has 236 valence electrons. The molecule has 5 N–H and O–H groups in total. The van der Waals surface area contributed by atoms with E-state index in [4.69, 9.17) is 28.6 Å². The van der Waals surface area contributed by atoms with Gasteiger partial charge in [-0.1, -0.05) is 47.5 Å². The Morgan fingerprint density at radius 3 is 1.48 bits per heavy atom. The van der Waals surface area contributed by atoms with Crippen LogP contribution in [-0.4, -0.2) is 75.2 Å². The van der Waals surface area contributed by atoms with Crippen LogP contribution in [0.15, 0.2) is 82.6 Å². The Morgan fingerprint density at radius 1 is 0.810 bits per heavy atom. The maximum atomic E-state index is 11.6. The van der Waals surface area contributed by atoms with Crippen LogP contribution in [0.3, 0.4) is 0 Å². The van der Waals surface area contributed by atoms with Crippen LogP contribution in [0.25, 0.3) is 0 Å². The summed E-state index contributed by atoms with van der Waals surface area (Å²) in [6.07, 6.45) is 0. The van der Waals surface area contributed by atoms with Crippen molar-refractivity contribution in [2.75, 3.05) is 35.1 Å². The first-order valence-corrected chi connectivity index (χ1v) is 14.4. The summed E-state index contributed by atoms with van der Waals surface area (Å²) in [5.41, 5.74) is 10.9. The number of hydrogen-bond acceptors (Lipinski definition) is 10. The van der Waals surface area contributed by atoms with Gasteiger partial charge < -0.3 is 16.6 Å². The zero-order valence-electron chi connectivity index (χ0n) is 35.4. The Hall–Kier alpha value is -2.88. The third-order valence-corrected chi connectivity index (χ3v) is 6.95. The molecule has 1 aliphatic rings. The predicted molar refractivity (Wildman–Crippen MR) is 168 cm³/mol. The van der Waals surface area contributed by atoms with Crippen molar-refractivity contribution >= 4 is 54.1 Å². The molecule has 4 rings (SSSR count). The van der Waals surface area contributed by atoms with Crippen molar-refractivity contribution in [2.24, 2.45) is 11.5 Å². The number of halogens is 2. The lowest BCUT2D eigenvalue weighted by Crippen LogP contribution is -2.24. The predicted octanol–water partition coefficient (Wildman–Crippen LogP) is 3.35. The first-order chi connectivity index (χ1) is 24.0. The van der Waals surface area contributed by atoms with Crippen LogP contribution in [0.5, 0.6) is 0 Å². The molecule has 42 heavy (non-hydrogen) atoms. The average molecular weight is 682 g/mol. The Morgan fingerprint density at radius 2 is 1.17 bits per heavy atom. The van der Waals surface area contributed by atoms with Crippen LogP contribution in [0.4, 0.5) is 0 Å². The molecule has 0 fully saturated rings. The van der Waals surface area contributed by atoms with E-state index in [1.54, 1.807) is 43.3 Å². The highest BCUT2D eigenvalue weighted by Crippen LogP contribution is 2.20. The van der Waals surface area contributed by atoms with E-state index >= 15 is 0 Å². The van der Waals surface area contributed by atoms with Gasteiger partial charge in [-0.05, 0) is 64.2 Å². The summed E-state index contributed by atoms with van der Waals surface area (Å²) in [6, 6.07) is 18.2. The number of aliphatic hydroxyl groups excluding tert-OH is 1. The van der Waals surface area contributed by atoms with Crippen molar-refractivity contribution in [1.82, 2.24) is 4.90 Å². The van der Waals surface area contributed by atoms with E-state index in [-0.39, 0.29) is 33.3 Å². The second-order valence-corrected chi connectivity index (χ2v) is 11.2. The summed E-state index contributed by atoms with van der Waals surface area (Å²) in [5.74, 6) is -1.51. The summed E-state index contributed by atoms with van der Waals surface area (Å²) in [5, 5.41) is 3.50. The van der Waals surface area contributed by atoms with E-state index in [2.05, 4.69) is 20.8 Å². The van der Waals surface area contributed by atoms with E-state index in [0.717, 1.165) is 11.1 Å². The number of carbonyl (C=O) groups is 2. The fourth-order valence-electron chi connectivity index (χ4n) is 2.64. The van der Waals surface area contributed by atoms with Crippen LogP contribution in [0, 0.1) is 13.8 Å². The molecule has 11 nitrogen and oxygen atoms in total. The lowest BCUT2D eigenvalue weighted by molar-refractivity contribution is 0.0693. The van der Waals surface area contributed by atoms with Crippen LogP contribution in [0.1, 0.15) is 48.3 Å². The monoisotopic (exact) mass is 680 g/mol. The van der Waals surface area contributed by atoms with Crippen molar-refractivity contribution in [3.8, 4) is 0 Å². The van der Waals surface area contributed by atoms with Crippen LogP contribution < -0.4 is 11.5 Å². The molecule has 3 aromatic rings. The molecule has 3 aromatic carbocycles. The van der Waals surface area contributed by atoms with Crippen molar-refractivity contribution in [3.05, 3.63) is 95.1 Å². The number of fused-ring (bicyclic) bond motifs is 1. The van der Waals surface area contributed by atoms with Gasteiger partial charge in [0.2, 0.25) is 1.43 Å². The Bertz CT molecular complexity index is 1800. The van der Waals surface area contributed by atoms with Gasteiger partial charge in [-0.2, -0.15) is 8.42 Å². The number of amides is 2. The molecule has 0 atom stereocenters. The van der Waals surface area contributed by atoms with Gasteiger partial charge in [0, 0.05) is 37.1 Å². The standard InChI is InChI=1S/C9H7NO2.C8H10O3S.C7H7ClO2S.2CH5N.CH4O.ClH/c1-10-8(11)6-4-2-3-5-7(6)9(10)12;1-7-3-5-8(6-4-7)12(9,10)11-2;1-6-2-4-7(5-3-6)11(8,9)10;3*1-2;/h2-5H,1H3;3-6H,1-2H3;2-5H,1H3;2*2H2,1H3;2H,1H3;1H/i1D3;2D3;;2*1D3;2D;. The number of carbonyl (C=O) groups excluding carboxylic acids is 2.